The van der Waals surface area contributed by atoms with Crippen molar-refractivity contribution in [2.75, 3.05) is 30.8 Å². The summed E-state index contributed by atoms with van der Waals surface area (Å²) in [7, 11) is 0. The number of halogens is 1. The van der Waals surface area contributed by atoms with Crippen LogP contribution in [-0.2, 0) is 9.53 Å². The molecular weight excluding hydrogens is 368 g/mol. The Labute approximate surface area is 155 Å². The molecule has 0 radical (unpaired) electrons. The Morgan fingerprint density at radius 3 is 2.60 bits per heavy atom. The number of ether oxygens (including phenoxy) is 1. The van der Waals surface area contributed by atoms with Crippen molar-refractivity contribution in [3.05, 3.63) is 11.2 Å². The second kappa shape index (κ2) is 7.65. The van der Waals surface area contributed by atoms with Crippen molar-refractivity contribution in [3.8, 4) is 0 Å². The number of rotatable bonds is 3. The fourth-order valence-electron chi connectivity index (χ4n) is 2.38. The minimum absolute atomic E-state index is 0.000466. The zero-order valence-corrected chi connectivity index (χ0v) is 16.1. The topological polar surface area (TPSA) is 95.9 Å². The summed E-state index contributed by atoms with van der Waals surface area (Å²) < 4.78 is 5.33. The number of carboxylic acids is 1. The van der Waals surface area contributed by atoms with Crippen LogP contribution >= 0.6 is 23.4 Å². The van der Waals surface area contributed by atoms with Crippen LogP contribution in [-0.4, -0.2) is 69.6 Å². The lowest BCUT2D eigenvalue weighted by atomic mass is 10.1. The lowest BCUT2D eigenvalue weighted by Gasteiger charge is -2.40. The maximum atomic E-state index is 12.2. The molecule has 1 atom stereocenters. The third-order valence-electron chi connectivity index (χ3n) is 3.45. The smallest absolute Gasteiger partial charge is 0.410 e. The first-order valence-corrected chi connectivity index (χ1v) is 9.27. The number of anilines is 1. The van der Waals surface area contributed by atoms with Crippen LogP contribution in [0.15, 0.2) is 11.2 Å². The summed E-state index contributed by atoms with van der Waals surface area (Å²) in [4.78, 5) is 35.4. The van der Waals surface area contributed by atoms with Gasteiger partial charge in [-0.2, -0.15) is 0 Å². The van der Waals surface area contributed by atoms with Gasteiger partial charge in [0.1, 0.15) is 22.6 Å². The fraction of sp³-hybridized carbons (Fsp3) is 0.600. The van der Waals surface area contributed by atoms with Crippen molar-refractivity contribution in [3.63, 3.8) is 0 Å². The first-order valence-electron chi connectivity index (χ1n) is 7.66. The highest BCUT2D eigenvalue weighted by molar-refractivity contribution is 7.98. The number of amides is 1. The Balaban J connectivity index is 2.21. The number of aliphatic carboxylic acids is 1. The van der Waals surface area contributed by atoms with E-state index in [4.69, 9.17) is 16.3 Å². The van der Waals surface area contributed by atoms with Gasteiger partial charge in [0.05, 0.1) is 6.54 Å². The zero-order valence-electron chi connectivity index (χ0n) is 14.5. The molecule has 1 aromatic rings. The van der Waals surface area contributed by atoms with E-state index >= 15 is 0 Å². The quantitative estimate of drug-likeness (QED) is 0.479. The van der Waals surface area contributed by atoms with Gasteiger partial charge in [-0.3, -0.25) is 0 Å². The van der Waals surface area contributed by atoms with Crippen molar-refractivity contribution in [2.24, 2.45) is 0 Å². The largest absolute Gasteiger partial charge is 0.480 e. The molecule has 1 saturated heterocycles. The average Bonchev–Trinajstić information content (AvgIpc) is 2.51. The van der Waals surface area contributed by atoms with Crippen molar-refractivity contribution < 1.29 is 19.4 Å². The van der Waals surface area contributed by atoms with Gasteiger partial charge in [0.15, 0.2) is 5.16 Å². The summed E-state index contributed by atoms with van der Waals surface area (Å²) in [6.45, 7) is 5.93. The summed E-state index contributed by atoms with van der Waals surface area (Å²) in [6.07, 6.45) is 1.29. The van der Waals surface area contributed by atoms with Gasteiger partial charge in [0.2, 0.25) is 0 Å². The molecule has 1 aliphatic rings. The highest BCUT2D eigenvalue weighted by atomic mass is 35.5. The SMILES string of the molecule is CSc1nc(Cl)cc(N2CCN(C(=O)OC(C)(C)C)C[C@H]2C(=O)O)n1. The molecule has 10 heteroatoms. The predicted molar refractivity (Wildman–Crippen MR) is 95.4 cm³/mol. The van der Waals surface area contributed by atoms with Gasteiger partial charge in [-0.25, -0.2) is 19.6 Å². The molecule has 0 bridgehead atoms. The third kappa shape index (κ3) is 5.12. The van der Waals surface area contributed by atoms with E-state index in [1.807, 2.05) is 6.26 Å². The molecule has 1 fully saturated rings. The molecule has 0 spiro atoms. The Hall–Kier alpha value is -1.74. The number of piperazine rings is 1. The van der Waals surface area contributed by atoms with E-state index in [1.165, 1.54) is 22.7 Å². The van der Waals surface area contributed by atoms with Gasteiger partial charge in [-0.1, -0.05) is 23.4 Å². The Morgan fingerprint density at radius 2 is 2.04 bits per heavy atom. The Kier molecular flexibility index (Phi) is 5.99. The van der Waals surface area contributed by atoms with Crippen LogP contribution in [0.2, 0.25) is 5.15 Å². The number of hydrogen-bond acceptors (Lipinski definition) is 7. The van der Waals surface area contributed by atoms with Crippen LogP contribution < -0.4 is 4.90 Å². The highest BCUT2D eigenvalue weighted by Crippen LogP contribution is 2.25. The molecule has 1 aliphatic heterocycles. The zero-order chi connectivity index (χ0) is 18.8. The molecular formula is C15H21ClN4O4S. The van der Waals surface area contributed by atoms with Gasteiger partial charge in [-0.05, 0) is 27.0 Å². The Morgan fingerprint density at radius 1 is 1.36 bits per heavy atom. The predicted octanol–water partition coefficient (Wildman–Crippen LogP) is 2.36. The van der Waals surface area contributed by atoms with Crippen LogP contribution in [0.5, 0.6) is 0 Å². The van der Waals surface area contributed by atoms with Crippen LogP contribution in [0.3, 0.4) is 0 Å². The molecule has 2 heterocycles. The van der Waals surface area contributed by atoms with E-state index in [0.29, 0.717) is 24.1 Å². The number of aromatic nitrogens is 2. The third-order valence-corrected chi connectivity index (χ3v) is 4.20. The maximum Gasteiger partial charge on any atom is 0.410 e. The number of carbonyl (C=O) groups excluding carboxylic acids is 1. The van der Waals surface area contributed by atoms with Gasteiger partial charge < -0.3 is 19.6 Å². The van der Waals surface area contributed by atoms with E-state index in [9.17, 15) is 14.7 Å². The van der Waals surface area contributed by atoms with Crippen molar-refractivity contribution in [1.29, 1.82) is 0 Å². The summed E-state index contributed by atoms with van der Waals surface area (Å²) in [5.41, 5.74) is -0.639. The van der Waals surface area contributed by atoms with Crippen molar-refractivity contribution in [2.45, 2.75) is 37.6 Å². The molecule has 138 valence electrons. The van der Waals surface area contributed by atoms with Crippen LogP contribution in [0.1, 0.15) is 20.8 Å². The molecule has 25 heavy (non-hydrogen) atoms. The van der Waals surface area contributed by atoms with Gasteiger partial charge in [0, 0.05) is 19.2 Å². The second-order valence-corrected chi connectivity index (χ2v) is 7.67. The molecule has 2 rings (SSSR count). The van der Waals surface area contributed by atoms with Gasteiger partial charge in [0.25, 0.3) is 0 Å². The molecule has 0 aromatic carbocycles. The monoisotopic (exact) mass is 388 g/mol. The number of carboxylic acid groups (broad SMARTS) is 1. The first kappa shape index (κ1) is 19.6. The van der Waals surface area contributed by atoms with Crippen LogP contribution in [0.4, 0.5) is 10.6 Å². The van der Waals surface area contributed by atoms with E-state index in [1.54, 1.807) is 25.7 Å². The van der Waals surface area contributed by atoms with Crippen molar-refractivity contribution in [1.82, 2.24) is 14.9 Å². The van der Waals surface area contributed by atoms with Crippen LogP contribution in [0.25, 0.3) is 0 Å². The standard InChI is InChI=1S/C15H21ClN4O4S/c1-15(2,3)24-14(23)19-5-6-20(9(8-19)12(21)22)11-7-10(16)17-13(18-11)25-4/h7,9H,5-6,8H2,1-4H3,(H,21,22)/t9-/m0/s1. The molecule has 0 unspecified atom stereocenters. The van der Waals surface area contributed by atoms with Crippen LogP contribution in [0, 0.1) is 0 Å². The van der Waals surface area contributed by atoms with E-state index < -0.39 is 23.7 Å². The van der Waals surface area contributed by atoms with Crippen molar-refractivity contribution >= 4 is 41.2 Å². The van der Waals surface area contributed by atoms with Gasteiger partial charge in [-0.15, -0.1) is 0 Å². The summed E-state index contributed by atoms with van der Waals surface area (Å²) in [5, 5.41) is 10.3. The lowest BCUT2D eigenvalue weighted by Crippen LogP contribution is -2.58. The first-order chi connectivity index (χ1) is 11.6. The van der Waals surface area contributed by atoms with E-state index in [-0.39, 0.29) is 11.7 Å². The van der Waals surface area contributed by atoms with E-state index in [0.717, 1.165) is 0 Å². The fourth-order valence-corrected chi connectivity index (χ4v) is 2.99. The minimum atomic E-state index is -1.05. The maximum absolute atomic E-state index is 12.2. The Bertz CT molecular complexity index is 667. The van der Waals surface area contributed by atoms with E-state index in [2.05, 4.69) is 9.97 Å². The molecule has 0 aliphatic carbocycles. The molecule has 1 aromatic heterocycles. The normalized spacial score (nSPS) is 18.2. The molecule has 8 nitrogen and oxygen atoms in total. The lowest BCUT2D eigenvalue weighted by molar-refractivity contribution is -0.139. The molecule has 1 amide bonds. The summed E-state index contributed by atoms with van der Waals surface area (Å²) >= 11 is 7.32. The second-order valence-electron chi connectivity index (χ2n) is 6.51. The number of hydrogen-bond donors (Lipinski definition) is 1. The number of nitrogens with zero attached hydrogens (tertiary/aromatic N) is 4. The summed E-state index contributed by atoms with van der Waals surface area (Å²) in [6, 6.07) is 0.585. The minimum Gasteiger partial charge on any atom is -0.480 e. The molecule has 0 saturated carbocycles. The average molecular weight is 389 g/mol. The highest BCUT2D eigenvalue weighted by Gasteiger charge is 2.36. The summed E-state index contributed by atoms with van der Waals surface area (Å²) in [5.74, 6) is -0.616. The number of carbonyl (C=O) groups is 2. The molecule has 1 N–H and O–H groups in total. The van der Waals surface area contributed by atoms with Gasteiger partial charge >= 0.3 is 12.1 Å². The number of thioether (sulfide) groups is 1.